The van der Waals surface area contributed by atoms with Crippen LogP contribution in [-0.4, -0.2) is 49.7 Å². The molecule has 1 aromatic carbocycles. The molecule has 1 aliphatic carbocycles. The van der Waals surface area contributed by atoms with Gasteiger partial charge in [0.15, 0.2) is 5.76 Å². The smallest absolute Gasteiger partial charge is 0.332 e. The quantitative estimate of drug-likeness (QED) is 0.361. The molecule has 0 aliphatic heterocycles. The standard InChI is InChI=1S/C22H24FN7O5S/c1-13-8-15(35-26-13)10-30-20(31)17-9-16(36(33,34)27-22(12-23)6-7-22)4-5-18(17)29(21(30)32)11-19-24-14(2)25-28(19)3/h4-5,8-9,27H,6-7,10-12H2,1-3H3. The van der Waals surface area contributed by atoms with Crippen molar-refractivity contribution < 1.29 is 17.3 Å². The Morgan fingerprint density at radius 3 is 2.47 bits per heavy atom. The van der Waals surface area contributed by atoms with Crippen LogP contribution in [0, 0.1) is 13.8 Å². The first kappa shape index (κ1) is 24.1. The second kappa shape index (κ2) is 8.48. The first-order chi connectivity index (χ1) is 17.0. The fourth-order valence-corrected chi connectivity index (χ4v) is 5.57. The predicted molar refractivity (Wildman–Crippen MR) is 126 cm³/mol. The van der Waals surface area contributed by atoms with Gasteiger partial charge < -0.3 is 4.52 Å². The molecule has 0 atom stereocenters. The number of hydrogen-bond donors (Lipinski definition) is 1. The summed E-state index contributed by atoms with van der Waals surface area (Å²) in [5.74, 6) is 1.27. The molecule has 1 N–H and O–H groups in total. The van der Waals surface area contributed by atoms with Crippen LogP contribution in [0.1, 0.15) is 35.9 Å². The summed E-state index contributed by atoms with van der Waals surface area (Å²) in [7, 11) is -2.42. The highest BCUT2D eigenvalue weighted by Gasteiger charge is 2.46. The molecule has 0 radical (unpaired) electrons. The summed E-state index contributed by atoms with van der Waals surface area (Å²) in [5.41, 5.74) is -1.63. The number of halogens is 1. The summed E-state index contributed by atoms with van der Waals surface area (Å²) >= 11 is 0. The third kappa shape index (κ3) is 4.26. The Morgan fingerprint density at radius 2 is 1.89 bits per heavy atom. The molecule has 5 rings (SSSR count). The fraction of sp³-hybridized carbons (Fsp3) is 0.409. The van der Waals surface area contributed by atoms with Crippen LogP contribution in [0.25, 0.3) is 10.9 Å². The van der Waals surface area contributed by atoms with Gasteiger partial charge in [0.1, 0.15) is 18.3 Å². The molecule has 0 amide bonds. The lowest BCUT2D eigenvalue weighted by Gasteiger charge is -2.16. The number of nitrogens with zero attached hydrogens (tertiary/aromatic N) is 6. The van der Waals surface area contributed by atoms with E-state index in [2.05, 4.69) is 20.0 Å². The van der Waals surface area contributed by atoms with Crippen LogP contribution in [0.4, 0.5) is 4.39 Å². The number of aryl methyl sites for hydroxylation is 3. The van der Waals surface area contributed by atoms with Crippen molar-refractivity contribution >= 4 is 20.9 Å². The van der Waals surface area contributed by atoms with Gasteiger partial charge in [0.2, 0.25) is 10.0 Å². The maximum Gasteiger partial charge on any atom is 0.332 e. The average Bonchev–Trinajstić information content (AvgIpc) is 3.35. The van der Waals surface area contributed by atoms with E-state index in [-0.39, 0.29) is 34.6 Å². The molecule has 0 spiro atoms. The Kier molecular flexibility index (Phi) is 5.67. The lowest BCUT2D eigenvalue weighted by molar-refractivity contribution is 0.368. The molecule has 0 saturated heterocycles. The second-order valence-corrected chi connectivity index (χ2v) is 10.8. The topological polar surface area (TPSA) is 147 Å². The second-order valence-electron chi connectivity index (χ2n) is 9.09. The van der Waals surface area contributed by atoms with Crippen LogP contribution in [-0.2, 0) is 30.2 Å². The molecule has 4 aromatic rings. The maximum absolute atomic E-state index is 13.5. The van der Waals surface area contributed by atoms with Crippen molar-refractivity contribution in [1.29, 1.82) is 0 Å². The summed E-state index contributed by atoms with van der Waals surface area (Å²) < 4.78 is 50.7. The summed E-state index contributed by atoms with van der Waals surface area (Å²) in [6.07, 6.45) is 0.798. The zero-order chi connectivity index (χ0) is 25.8. The lowest BCUT2D eigenvalue weighted by Crippen LogP contribution is -2.41. The molecular formula is C22H24FN7O5S. The first-order valence-corrected chi connectivity index (χ1v) is 12.7. The average molecular weight is 518 g/mol. The lowest BCUT2D eigenvalue weighted by atomic mass is 10.2. The molecular weight excluding hydrogens is 493 g/mol. The third-order valence-electron chi connectivity index (χ3n) is 6.22. The molecule has 1 aliphatic rings. The highest BCUT2D eigenvalue weighted by Crippen LogP contribution is 2.37. The SMILES string of the molecule is Cc1cc(Cn2c(=O)c3cc(S(=O)(=O)NC4(CF)CC4)ccc3n(Cc3nc(C)nn3C)c2=O)on1. The molecule has 14 heteroatoms. The van der Waals surface area contributed by atoms with Crippen LogP contribution in [0.5, 0.6) is 0 Å². The monoisotopic (exact) mass is 517 g/mol. The van der Waals surface area contributed by atoms with E-state index < -0.39 is 33.5 Å². The fourth-order valence-electron chi connectivity index (χ4n) is 4.10. The van der Waals surface area contributed by atoms with E-state index in [1.165, 1.54) is 27.4 Å². The Labute approximate surface area is 204 Å². The minimum absolute atomic E-state index is 0.00213. The summed E-state index contributed by atoms with van der Waals surface area (Å²) in [6, 6.07) is 5.49. The molecule has 0 unspecified atom stereocenters. The molecule has 0 bridgehead atoms. The summed E-state index contributed by atoms with van der Waals surface area (Å²) in [4.78, 5) is 31.1. The molecule has 12 nitrogen and oxygen atoms in total. The van der Waals surface area contributed by atoms with Gasteiger partial charge in [-0.2, -0.15) is 5.10 Å². The number of hydrogen-bond acceptors (Lipinski definition) is 8. The third-order valence-corrected chi connectivity index (χ3v) is 7.79. The normalized spacial score (nSPS) is 15.0. The van der Waals surface area contributed by atoms with Gasteiger partial charge in [0.05, 0.1) is 40.1 Å². The molecule has 190 valence electrons. The van der Waals surface area contributed by atoms with Gasteiger partial charge in [-0.3, -0.25) is 18.6 Å². The first-order valence-electron chi connectivity index (χ1n) is 11.2. The van der Waals surface area contributed by atoms with E-state index in [0.29, 0.717) is 30.2 Å². The number of rotatable bonds is 8. The largest absolute Gasteiger partial charge is 0.359 e. The van der Waals surface area contributed by atoms with Crippen LogP contribution in [0.3, 0.4) is 0 Å². The number of aromatic nitrogens is 6. The Hall–Kier alpha value is -3.65. The van der Waals surface area contributed by atoms with Crippen molar-refractivity contribution in [2.24, 2.45) is 7.05 Å². The number of sulfonamides is 1. The van der Waals surface area contributed by atoms with Crippen LogP contribution >= 0.6 is 0 Å². The van der Waals surface area contributed by atoms with Crippen LogP contribution < -0.4 is 16.0 Å². The zero-order valence-electron chi connectivity index (χ0n) is 19.9. The van der Waals surface area contributed by atoms with Crippen molar-refractivity contribution in [1.82, 2.24) is 33.8 Å². The van der Waals surface area contributed by atoms with Crippen LogP contribution in [0.15, 0.2) is 43.3 Å². The Bertz CT molecular complexity index is 1710. The van der Waals surface area contributed by atoms with Gasteiger partial charge in [-0.05, 0) is 44.9 Å². The zero-order valence-corrected chi connectivity index (χ0v) is 20.7. The Morgan fingerprint density at radius 1 is 1.14 bits per heavy atom. The van der Waals surface area contributed by atoms with Crippen molar-refractivity contribution in [2.45, 2.75) is 50.2 Å². The molecule has 36 heavy (non-hydrogen) atoms. The van der Waals surface area contributed by atoms with Crippen LogP contribution in [0.2, 0.25) is 0 Å². The molecule has 1 fully saturated rings. The van der Waals surface area contributed by atoms with E-state index in [0.717, 1.165) is 4.57 Å². The van der Waals surface area contributed by atoms with Gasteiger partial charge in [0.25, 0.3) is 5.56 Å². The summed E-state index contributed by atoms with van der Waals surface area (Å²) in [5, 5.41) is 7.99. The van der Waals surface area contributed by atoms with E-state index in [4.69, 9.17) is 4.52 Å². The summed E-state index contributed by atoms with van der Waals surface area (Å²) in [6.45, 7) is 2.38. The van der Waals surface area contributed by atoms with Crippen molar-refractivity contribution in [2.75, 3.05) is 6.67 Å². The maximum atomic E-state index is 13.5. The van der Waals surface area contributed by atoms with E-state index >= 15 is 0 Å². The van der Waals surface area contributed by atoms with E-state index in [1.54, 1.807) is 27.0 Å². The highest BCUT2D eigenvalue weighted by molar-refractivity contribution is 7.89. The van der Waals surface area contributed by atoms with Crippen molar-refractivity contribution in [3.63, 3.8) is 0 Å². The predicted octanol–water partition coefficient (Wildman–Crippen LogP) is 0.774. The van der Waals surface area contributed by atoms with Crippen molar-refractivity contribution in [3.05, 3.63) is 68.2 Å². The number of nitrogens with one attached hydrogen (secondary N) is 1. The van der Waals surface area contributed by atoms with Crippen molar-refractivity contribution in [3.8, 4) is 0 Å². The highest BCUT2D eigenvalue weighted by atomic mass is 32.2. The van der Waals surface area contributed by atoms with Gasteiger partial charge in [-0.15, -0.1) is 0 Å². The van der Waals surface area contributed by atoms with Gasteiger partial charge in [-0.25, -0.2) is 27.3 Å². The number of benzene rings is 1. The van der Waals surface area contributed by atoms with E-state index in [9.17, 15) is 22.4 Å². The Balaban J connectivity index is 1.69. The molecule has 3 heterocycles. The van der Waals surface area contributed by atoms with Gasteiger partial charge in [0, 0.05) is 13.1 Å². The number of fused-ring (bicyclic) bond motifs is 1. The number of alkyl halides is 1. The van der Waals surface area contributed by atoms with Gasteiger partial charge in [-0.1, -0.05) is 5.16 Å². The minimum atomic E-state index is -4.11. The molecule has 3 aromatic heterocycles. The van der Waals surface area contributed by atoms with E-state index in [1.807, 2.05) is 0 Å². The molecule has 1 saturated carbocycles. The minimum Gasteiger partial charge on any atom is -0.359 e. The van der Waals surface area contributed by atoms with Gasteiger partial charge >= 0.3 is 5.69 Å².